The topological polar surface area (TPSA) is 12.4 Å². The van der Waals surface area contributed by atoms with Gasteiger partial charge in [0.15, 0.2) is 0 Å². The molecule has 0 saturated carbocycles. The number of hydrogen-bond acceptors (Lipinski definition) is 1. The van der Waals surface area contributed by atoms with Crippen LogP contribution in [0, 0.1) is 0 Å². The summed E-state index contributed by atoms with van der Waals surface area (Å²) < 4.78 is 0. The van der Waals surface area contributed by atoms with E-state index < -0.39 is 0 Å². The number of rotatable bonds is 1. The molecule has 13 heavy (non-hydrogen) atoms. The van der Waals surface area contributed by atoms with Crippen molar-refractivity contribution in [3.8, 4) is 0 Å². The van der Waals surface area contributed by atoms with E-state index in [0.717, 1.165) is 12.1 Å². The van der Waals surface area contributed by atoms with Gasteiger partial charge in [0.2, 0.25) is 0 Å². The maximum Gasteiger partial charge on any atom is 0.0724 e. The third-order valence-electron chi connectivity index (χ3n) is 2.04. The maximum atomic E-state index is 4.27. The number of aliphatic imine (C=N–C) groups is 1. The first-order valence-electron chi connectivity index (χ1n) is 4.48. The van der Waals surface area contributed by atoms with Gasteiger partial charge in [0.05, 0.1) is 5.71 Å². The smallest absolute Gasteiger partial charge is 0.0724 e. The van der Waals surface area contributed by atoms with Crippen LogP contribution in [0.4, 0.5) is 0 Å². The quantitative estimate of drug-likeness (QED) is 0.576. The minimum absolute atomic E-state index is 0.985. The second kappa shape index (κ2) is 4.61. The molecule has 0 aliphatic heterocycles. The Hall–Kier alpha value is -1.37. The molecule has 1 rings (SSSR count). The fraction of sp³-hybridized carbons (Fsp3) is 0.250. The van der Waals surface area contributed by atoms with Gasteiger partial charge in [0.25, 0.3) is 0 Å². The Balaban J connectivity index is 3.16. The summed E-state index contributed by atoms with van der Waals surface area (Å²) in [5.41, 5.74) is 3.43. The highest BCUT2D eigenvalue weighted by molar-refractivity contribution is 6.14. The van der Waals surface area contributed by atoms with E-state index in [1.807, 2.05) is 6.92 Å². The Morgan fingerprint density at radius 1 is 1.54 bits per heavy atom. The highest BCUT2D eigenvalue weighted by Crippen LogP contribution is 2.15. The molecule has 1 aliphatic rings. The monoisotopic (exact) mass is 173 g/mol. The molecule has 0 aromatic rings. The third-order valence-corrected chi connectivity index (χ3v) is 2.04. The predicted molar refractivity (Wildman–Crippen MR) is 58.9 cm³/mol. The molecule has 1 nitrogen and oxygen atoms in total. The number of allylic oxidation sites excluding steroid dienone is 6. The van der Waals surface area contributed by atoms with Gasteiger partial charge in [-0.2, -0.15) is 0 Å². The molecule has 0 bridgehead atoms. The van der Waals surface area contributed by atoms with Crippen molar-refractivity contribution in [1.82, 2.24) is 0 Å². The highest BCUT2D eigenvalue weighted by atomic mass is 14.7. The van der Waals surface area contributed by atoms with Crippen LogP contribution in [0.1, 0.15) is 20.3 Å². The summed E-state index contributed by atoms with van der Waals surface area (Å²) in [5, 5.41) is 0. The van der Waals surface area contributed by atoms with Gasteiger partial charge in [-0.15, -0.1) is 0 Å². The molecule has 0 fully saturated rings. The second-order valence-corrected chi connectivity index (χ2v) is 2.93. The SMILES string of the molecule is C=CN=C1C(C)=CCC=C/C1=C/C. The molecule has 0 aromatic carbocycles. The van der Waals surface area contributed by atoms with Crippen LogP contribution in [0.15, 0.2) is 53.2 Å². The average Bonchev–Trinajstić information content (AvgIpc) is 2.30. The van der Waals surface area contributed by atoms with Crippen LogP contribution in [-0.4, -0.2) is 5.71 Å². The zero-order valence-electron chi connectivity index (χ0n) is 8.25. The fourth-order valence-electron chi connectivity index (χ4n) is 1.34. The van der Waals surface area contributed by atoms with Crippen LogP contribution in [0.2, 0.25) is 0 Å². The average molecular weight is 173 g/mol. The molecule has 0 aromatic heterocycles. The Labute approximate surface area is 79.9 Å². The third kappa shape index (κ3) is 2.28. The number of hydrogen-bond donors (Lipinski definition) is 0. The van der Waals surface area contributed by atoms with Crippen molar-refractivity contribution in [3.05, 3.63) is 48.2 Å². The van der Waals surface area contributed by atoms with Crippen LogP contribution in [0.3, 0.4) is 0 Å². The van der Waals surface area contributed by atoms with Crippen molar-refractivity contribution in [2.75, 3.05) is 0 Å². The van der Waals surface area contributed by atoms with Gasteiger partial charge in [-0.25, -0.2) is 0 Å². The molecule has 0 atom stereocenters. The molecular weight excluding hydrogens is 158 g/mol. The Bertz CT molecular complexity index is 314. The second-order valence-electron chi connectivity index (χ2n) is 2.93. The van der Waals surface area contributed by atoms with Crippen LogP contribution in [0.5, 0.6) is 0 Å². The van der Waals surface area contributed by atoms with Crippen LogP contribution in [0.25, 0.3) is 0 Å². The van der Waals surface area contributed by atoms with Crippen LogP contribution >= 0.6 is 0 Å². The molecule has 0 heterocycles. The summed E-state index contributed by atoms with van der Waals surface area (Å²) in [7, 11) is 0. The molecule has 0 N–H and O–H groups in total. The molecule has 0 radical (unpaired) electrons. The minimum atomic E-state index is 0.985. The highest BCUT2D eigenvalue weighted by Gasteiger charge is 2.06. The normalized spacial score (nSPS) is 23.1. The first-order valence-corrected chi connectivity index (χ1v) is 4.48. The van der Waals surface area contributed by atoms with Crippen molar-refractivity contribution in [2.45, 2.75) is 20.3 Å². The van der Waals surface area contributed by atoms with Gasteiger partial charge >= 0.3 is 0 Å². The van der Waals surface area contributed by atoms with E-state index >= 15 is 0 Å². The van der Waals surface area contributed by atoms with Crippen molar-refractivity contribution in [3.63, 3.8) is 0 Å². The molecular formula is C12H15N. The Morgan fingerprint density at radius 3 is 2.92 bits per heavy atom. The first kappa shape index (κ1) is 9.72. The van der Waals surface area contributed by atoms with E-state index in [-0.39, 0.29) is 0 Å². The first-order chi connectivity index (χ1) is 6.29. The molecule has 68 valence electrons. The largest absolute Gasteiger partial charge is 0.257 e. The Morgan fingerprint density at radius 2 is 2.31 bits per heavy atom. The summed E-state index contributed by atoms with van der Waals surface area (Å²) in [4.78, 5) is 4.27. The van der Waals surface area contributed by atoms with E-state index in [1.165, 1.54) is 11.1 Å². The zero-order valence-corrected chi connectivity index (χ0v) is 8.25. The van der Waals surface area contributed by atoms with Gasteiger partial charge < -0.3 is 0 Å². The van der Waals surface area contributed by atoms with Crippen molar-refractivity contribution < 1.29 is 0 Å². The lowest BCUT2D eigenvalue weighted by molar-refractivity contribution is 1.36. The lowest BCUT2D eigenvalue weighted by Gasteiger charge is -2.04. The fourth-order valence-corrected chi connectivity index (χ4v) is 1.34. The maximum absolute atomic E-state index is 4.27. The van der Waals surface area contributed by atoms with E-state index in [2.05, 4.69) is 42.8 Å². The zero-order chi connectivity index (χ0) is 9.68. The van der Waals surface area contributed by atoms with Gasteiger partial charge in [-0.05, 0) is 31.4 Å². The van der Waals surface area contributed by atoms with Crippen molar-refractivity contribution in [2.24, 2.45) is 4.99 Å². The number of nitrogens with zero attached hydrogens (tertiary/aromatic N) is 1. The Kier molecular flexibility index (Phi) is 3.44. The molecule has 0 amide bonds. The summed E-state index contributed by atoms with van der Waals surface area (Å²) in [5.74, 6) is 0. The lowest BCUT2D eigenvalue weighted by atomic mass is 10.0. The predicted octanol–water partition coefficient (Wildman–Crippen LogP) is 3.42. The molecule has 0 saturated heterocycles. The van der Waals surface area contributed by atoms with E-state index in [1.54, 1.807) is 6.20 Å². The molecule has 1 aliphatic carbocycles. The van der Waals surface area contributed by atoms with Gasteiger partial charge in [0, 0.05) is 6.20 Å². The summed E-state index contributed by atoms with van der Waals surface area (Å²) in [6.45, 7) is 7.73. The van der Waals surface area contributed by atoms with E-state index in [9.17, 15) is 0 Å². The molecule has 0 spiro atoms. The van der Waals surface area contributed by atoms with E-state index in [0.29, 0.717) is 0 Å². The standard InChI is InChI=1S/C12H15N/c1-4-11-9-7-6-8-10(3)12(11)13-5-2/h4-5,7-9H,2,6H2,1,3H3/b11-4-,13-12?. The van der Waals surface area contributed by atoms with Gasteiger partial charge in [-0.3, -0.25) is 4.99 Å². The van der Waals surface area contributed by atoms with Crippen LogP contribution < -0.4 is 0 Å². The van der Waals surface area contributed by atoms with Crippen molar-refractivity contribution in [1.29, 1.82) is 0 Å². The minimum Gasteiger partial charge on any atom is -0.257 e. The summed E-state index contributed by atoms with van der Waals surface area (Å²) >= 11 is 0. The summed E-state index contributed by atoms with van der Waals surface area (Å²) in [6.07, 6.45) is 11.1. The van der Waals surface area contributed by atoms with Gasteiger partial charge in [0.1, 0.15) is 0 Å². The molecule has 0 unspecified atom stereocenters. The summed E-state index contributed by atoms with van der Waals surface area (Å²) in [6, 6.07) is 0. The van der Waals surface area contributed by atoms with E-state index in [4.69, 9.17) is 0 Å². The van der Waals surface area contributed by atoms with Crippen molar-refractivity contribution >= 4 is 5.71 Å². The lowest BCUT2D eigenvalue weighted by Crippen LogP contribution is -2.01. The van der Waals surface area contributed by atoms with Gasteiger partial charge in [-0.1, -0.05) is 30.9 Å². The molecule has 1 heteroatoms. The van der Waals surface area contributed by atoms with Crippen LogP contribution in [-0.2, 0) is 0 Å².